The molecule has 1 aliphatic rings. The number of fused-ring (bicyclic) bond motifs is 1. The third-order valence-corrected chi connectivity index (χ3v) is 4.11. The number of nitrogens with two attached hydrogens (primary N) is 1. The van der Waals surface area contributed by atoms with Gasteiger partial charge in [0.05, 0.1) is 7.11 Å². The molecule has 20 heavy (non-hydrogen) atoms. The zero-order chi connectivity index (χ0) is 14.6. The molecule has 0 fully saturated rings. The lowest BCUT2D eigenvalue weighted by molar-refractivity contribution is -0.146. The summed E-state index contributed by atoms with van der Waals surface area (Å²) >= 11 is 0. The molecule has 0 saturated carbocycles. The van der Waals surface area contributed by atoms with Crippen molar-refractivity contribution < 1.29 is 9.53 Å². The SMILES string of the molecule is COC(=O)C(C)(N)CCN1CCc2ccccc2CC1. The average molecular weight is 276 g/mol. The molecular weight excluding hydrogens is 252 g/mol. The number of hydrogen-bond acceptors (Lipinski definition) is 4. The van der Waals surface area contributed by atoms with Crippen LogP contribution in [0.5, 0.6) is 0 Å². The third-order valence-electron chi connectivity index (χ3n) is 4.11. The van der Waals surface area contributed by atoms with Gasteiger partial charge in [0.15, 0.2) is 0 Å². The standard InChI is InChI=1S/C16H24N2O2/c1-16(17,15(19)20-2)9-12-18-10-7-13-5-3-4-6-14(13)8-11-18/h3-6H,7-12,17H2,1-2H3. The average Bonchev–Trinajstić information content (AvgIpc) is 2.67. The Bertz CT molecular complexity index is 444. The van der Waals surface area contributed by atoms with Crippen molar-refractivity contribution in [1.82, 2.24) is 4.90 Å². The van der Waals surface area contributed by atoms with E-state index < -0.39 is 5.54 Å². The molecule has 4 nitrogen and oxygen atoms in total. The first-order valence-corrected chi connectivity index (χ1v) is 7.19. The van der Waals surface area contributed by atoms with Gasteiger partial charge in [0, 0.05) is 19.6 Å². The molecule has 1 aliphatic heterocycles. The summed E-state index contributed by atoms with van der Waals surface area (Å²) in [4.78, 5) is 14.0. The summed E-state index contributed by atoms with van der Waals surface area (Å²) in [5.41, 5.74) is 8.00. The summed E-state index contributed by atoms with van der Waals surface area (Å²) < 4.78 is 4.75. The van der Waals surface area contributed by atoms with Gasteiger partial charge in [-0.3, -0.25) is 4.79 Å². The van der Waals surface area contributed by atoms with E-state index in [1.165, 1.54) is 18.2 Å². The van der Waals surface area contributed by atoms with Crippen LogP contribution in [0.4, 0.5) is 0 Å². The molecule has 2 N–H and O–H groups in total. The van der Waals surface area contributed by atoms with E-state index in [2.05, 4.69) is 29.2 Å². The highest BCUT2D eigenvalue weighted by atomic mass is 16.5. The lowest BCUT2D eigenvalue weighted by atomic mass is 9.99. The van der Waals surface area contributed by atoms with Gasteiger partial charge in [-0.15, -0.1) is 0 Å². The molecule has 1 aromatic carbocycles. The fourth-order valence-electron chi connectivity index (χ4n) is 2.66. The number of rotatable bonds is 4. The minimum absolute atomic E-state index is 0.337. The minimum Gasteiger partial charge on any atom is -0.468 e. The molecule has 0 radical (unpaired) electrons. The summed E-state index contributed by atoms with van der Waals surface area (Å²) in [5, 5.41) is 0. The first-order chi connectivity index (χ1) is 9.53. The van der Waals surface area contributed by atoms with Crippen LogP contribution in [-0.2, 0) is 22.4 Å². The molecule has 110 valence electrons. The van der Waals surface area contributed by atoms with Gasteiger partial charge < -0.3 is 15.4 Å². The Balaban J connectivity index is 1.89. The number of carbonyl (C=O) groups is 1. The number of esters is 1. The van der Waals surface area contributed by atoms with Crippen molar-refractivity contribution in [2.24, 2.45) is 5.73 Å². The summed E-state index contributed by atoms with van der Waals surface area (Å²) in [6, 6.07) is 8.62. The minimum atomic E-state index is -0.895. The number of benzene rings is 1. The van der Waals surface area contributed by atoms with E-state index in [1.54, 1.807) is 6.92 Å². The normalized spacial score (nSPS) is 18.8. The van der Waals surface area contributed by atoms with Crippen molar-refractivity contribution in [3.8, 4) is 0 Å². The van der Waals surface area contributed by atoms with E-state index >= 15 is 0 Å². The fourth-order valence-corrected chi connectivity index (χ4v) is 2.66. The lowest BCUT2D eigenvalue weighted by Crippen LogP contribution is -2.48. The predicted molar refractivity (Wildman–Crippen MR) is 79.5 cm³/mol. The van der Waals surface area contributed by atoms with E-state index in [0.717, 1.165) is 32.5 Å². The van der Waals surface area contributed by atoms with E-state index in [-0.39, 0.29) is 5.97 Å². The van der Waals surface area contributed by atoms with Gasteiger partial charge in [-0.05, 0) is 37.3 Å². The van der Waals surface area contributed by atoms with Gasteiger partial charge in [-0.2, -0.15) is 0 Å². The fraction of sp³-hybridized carbons (Fsp3) is 0.562. The van der Waals surface area contributed by atoms with Crippen molar-refractivity contribution in [3.05, 3.63) is 35.4 Å². The molecule has 0 saturated heterocycles. The maximum Gasteiger partial charge on any atom is 0.325 e. The number of ether oxygens (including phenoxy) is 1. The van der Waals surface area contributed by atoms with Gasteiger partial charge in [0.2, 0.25) is 0 Å². The molecule has 0 spiro atoms. The highest BCUT2D eigenvalue weighted by Crippen LogP contribution is 2.17. The Morgan fingerprint density at radius 2 is 1.85 bits per heavy atom. The van der Waals surface area contributed by atoms with Gasteiger partial charge in [-0.1, -0.05) is 24.3 Å². The molecule has 1 atom stereocenters. The molecule has 1 unspecified atom stereocenters. The highest BCUT2D eigenvalue weighted by Gasteiger charge is 2.29. The van der Waals surface area contributed by atoms with Gasteiger partial charge in [0.25, 0.3) is 0 Å². The van der Waals surface area contributed by atoms with Crippen molar-refractivity contribution in [2.45, 2.75) is 31.7 Å². The second-order valence-electron chi connectivity index (χ2n) is 5.77. The molecule has 0 aliphatic carbocycles. The van der Waals surface area contributed by atoms with Crippen LogP contribution in [0.2, 0.25) is 0 Å². The van der Waals surface area contributed by atoms with Crippen molar-refractivity contribution in [3.63, 3.8) is 0 Å². The topological polar surface area (TPSA) is 55.6 Å². The Morgan fingerprint density at radius 1 is 1.30 bits per heavy atom. The molecule has 1 heterocycles. The first-order valence-electron chi connectivity index (χ1n) is 7.19. The van der Waals surface area contributed by atoms with Crippen molar-refractivity contribution >= 4 is 5.97 Å². The van der Waals surface area contributed by atoms with Crippen LogP contribution in [-0.4, -0.2) is 43.2 Å². The molecule has 0 bridgehead atoms. The van der Waals surface area contributed by atoms with E-state index in [9.17, 15) is 4.79 Å². The zero-order valence-corrected chi connectivity index (χ0v) is 12.4. The quantitative estimate of drug-likeness (QED) is 0.844. The highest BCUT2D eigenvalue weighted by molar-refractivity contribution is 5.79. The Morgan fingerprint density at radius 3 is 2.35 bits per heavy atom. The second kappa shape index (κ2) is 6.37. The van der Waals surface area contributed by atoms with Gasteiger partial charge >= 0.3 is 5.97 Å². The number of hydrogen-bond donors (Lipinski definition) is 1. The van der Waals surface area contributed by atoms with Crippen molar-refractivity contribution in [2.75, 3.05) is 26.7 Å². The Hall–Kier alpha value is -1.39. The van der Waals surface area contributed by atoms with Gasteiger partial charge in [-0.25, -0.2) is 0 Å². The van der Waals surface area contributed by atoms with Crippen molar-refractivity contribution in [1.29, 1.82) is 0 Å². The van der Waals surface area contributed by atoms with Crippen LogP contribution in [0, 0.1) is 0 Å². The first kappa shape index (κ1) is 15.0. The van der Waals surface area contributed by atoms with Crippen LogP contribution >= 0.6 is 0 Å². The molecule has 0 amide bonds. The van der Waals surface area contributed by atoms with Crippen LogP contribution in [0.3, 0.4) is 0 Å². The van der Waals surface area contributed by atoms with Crippen LogP contribution in [0.25, 0.3) is 0 Å². The van der Waals surface area contributed by atoms with Crippen LogP contribution < -0.4 is 5.73 Å². The second-order valence-corrected chi connectivity index (χ2v) is 5.77. The summed E-state index contributed by atoms with van der Waals surface area (Å²) in [7, 11) is 1.38. The third kappa shape index (κ3) is 3.58. The van der Waals surface area contributed by atoms with E-state index in [4.69, 9.17) is 10.5 Å². The number of nitrogens with zero attached hydrogens (tertiary/aromatic N) is 1. The number of methoxy groups -OCH3 is 1. The molecule has 2 rings (SSSR count). The lowest BCUT2D eigenvalue weighted by Gasteiger charge is -2.26. The summed E-state index contributed by atoms with van der Waals surface area (Å²) in [6.07, 6.45) is 2.75. The van der Waals surface area contributed by atoms with Gasteiger partial charge in [0.1, 0.15) is 5.54 Å². The number of carbonyl (C=O) groups excluding carboxylic acids is 1. The smallest absolute Gasteiger partial charge is 0.325 e. The summed E-state index contributed by atoms with van der Waals surface area (Å²) in [6.45, 7) is 4.62. The van der Waals surface area contributed by atoms with E-state index in [0.29, 0.717) is 6.42 Å². The summed E-state index contributed by atoms with van der Waals surface area (Å²) in [5.74, 6) is -0.337. The monoisotopic (exact) mass is 276 g/mol. The molecule has 4 heteroatoms. The van der Waals surface area contributed by atoms with Crippen LogP contribution in [0.15, 0.2) is 24.3 Å². The largest absolute Gasteiger partial charge is 0.468 e. The maximum absolute atomic E-state index is 11.6. The van der Waals surface area contributed by atoms with Crippen LogP contribution in [0.1, 0.15) is 24.5 Å². The molecular formula is C16H24N2O2. The zero-order valence-electron chi connectivity index (χ0n) is 12.4. The molecule has 0 aromatic heterocycles. The maximum atomic E-state index is 11.6. The Labute approximate surface area is 120 Å². The molecule has 1 aromatic rings. The van der Waals surface area contributed by atoms with E-state index in [1.807, 2.05) is 0 Å². The predicted octanol–water partition coefficient (Wildman–Crippen LogP) is 1.37. The Kier molecular flexibility index (Phi) is 4.78.